The molecule has 1 amide bonds. The van der Waals surface area contributed by atoms with Crippen molar-refractivity contribution in [2.24, 2.45) is 13.0 Å². The molecule has 1 N–H and O–H groups in total. The third kappa shape index (κ3) is 5.26. The zero-order valence-corrected chi connectivity index (χ0v) is 23.3. The van der Waals surface area contributed by atoms with Crippen molar-refractivity contribution < 1.29 is 4.79 Å². The zero-order valence-electron chi connectivity index (χ0n) is 22.5. The summed E-state index contributed by atoms with van der Waals surface area (Å²) in [5, 5.41) is 7.92. The second kappa shape index (κ2) is 11.1. The van der Waals surface area contributed by atoms with Crippen molar-refractivity contribution in [3.8, 4) is 33.6 Å². The highest BCUT2D eigenvalue weighted by molar-refractivity contribution is 6.31. The Morgan fingerprint density at radius 3 is 2.59 bits per heavy atom. The van der Waals surface area contributed by atoms with E-state index in [1.165, 1.54) is 12.4 Å². The molecule has 6 rings (SSSR count). The molecule has 0 saturated carbocycles. The molecular weight excluding hydrogens is 540 g/mol. The molecule has 206 valence electrons. The number of aromatic nitrogens is 7. The Morgan fingerprint density at radius 2 is 1.78 bits per heavy atom. The van der Waals surface area contributed by atoms with Crippen LogP contribution in [0.25, 0.3) is 33.6 Å². The van der Waals surface area contributed by atoms with Gasteiger partial charge in [0, 0.05) is 59.3 Å². The van der Waals surface area contributed by atoms with Crippen molar-refractivity contribution in [3.05, 3.63) is 94.9 Å². The van der Waals surface area contributed by atoms with Crippen LogP contribution in [0.3, 0.4) is 0 Å². The van der Waals surface area contributed by atoms with E-state index < -0.39 is 0 Å². The summed E-state index contributed by atoms with van der Waals surface area (Å²) in [6.45, 7) is 1.91. The number of nitrogens with zero attached hydrogens (tertiary/aromatic N) is 7. The summed E-state index contributed by atoms with van der Waals surface area (Å²) in [5.41, 5.74) is 5.58. The smallest absolute Gasteiger partial charge is 0.254 e. The highest BCUT2D eigenvalue weighted by Gasteiger charge is 2.24. The molecule has 5 aromatic rings. The number of carbonyl (C=O) groups is 1. The number of nitrogens with one attached hydrogen (secondary N) is 1. The molecule has 11 heteroatoms. The van der Waals surface area contributed by atoms with Gasteiger partial charge in [0.1, 0.15) is 6.33 Å². The minimum Gasteiger partial charge on any atom is -0.323 e. The van der Waals surface area contributed by atoms with Crippen LogP contribution in [-0.4, -0.2) is 40.2 Å². The minimum atomic E-state index is -0.378. The van der Waals surface area contributed by atoms with Gasteiger partial charge in [-0.2, -0.15) is 5.10 Å². The van der Waals surface area contributed by atoms with Crippen molar-refractivity contribution >= 4 is 23.2 Å². The van der Waals surface area contributed by atoms with Crippen molar-refractivity contribution in [2.45, 2.75) is 32.2 Å². The lowest BCUT2D eigenvalue weighted by molar-refractivity contribution is -0.119. The monoisotopic (exact) mass is 566 g/mol. The second-order valence-corrected chi connectivity index (χ2v) is 10.6. The van der Waals surface area contributed by atoms with Crippen LogP contribution >= 0.6 is 11.6 Å². The normalized spacial score (nSPS) is 17.2. The van der Waals surface area contributed by atoms with E-state index in [9.17, 15) is 9.59 Å². The number of fused-ring (bicyclic) bond motifs is 4. The average molecular weight is 567 g/mol. The lowest BCUT2D eigenvalue weighted by Gasteiger charge is -2.22. The fraction of sp³-hybridized carbons (Fsp3) is 0.233. The Labute approximate surface area is 241 Å². The zero-order chi connectivity index (χ0) is 28.5. The predicted octanol–water partition coefficient (Wildman–Crippen LogP) is 5.16. The first-order chi connectivity index (χ1) is 19.9. The number of anilines is 1. The first-order valence-electron chi connectivity index (χ1n) is 13.3. The lowest BCUT2D eigenvalue weighted by atomic mass is 9.96. The Morgan fingerprint density at radius 1 is 0.951 bits per heavy atom. The average Bonchev–Trinajstić information content (AvgIpc) is 3.34. The molecule has 0 unspecified atom stereocenters. The maximum absolute atomic E-state index is 13.7. The Kier molecular flexibility index (Phi) is 7.15. The summed E-state index contributed by atoms with van der Waals surface area (Å²) in [6, 6.07) is 10.4. The van der Waals surface area contributed by atoms with E-state index in [1.54, 1.807) is 52.5 Å². The van der Waals surface area contributed by atoms with Crippen molar-refractivity contribution in [2.75, 3.05) is 5.32 Å². The van der Waals surface area contributed by atoms with Crippen LogP contribution in [0.15, 0.2) is 78.6 Å². The van der Waals surface area contributed by atoms with E-state index >= 15 is 0 Å². The van der Waals surface area contributed by atoms with E-state index in [2.05, 4.69) is 25.4 Å². The van der Waals surface area contributed by atoms with Crippen LogP contribution in [-0.2, 0) is 11.8 Å². The summed E-state index contributed by atoms with van der Waals surface area (Å²) >= 11 is 6.35. The molecule has 1 aliphatic heterocycles. The highest BCUT2D eigenvalue weighted by Crippen LogP contribution is 2.34. The van der Waals surface area contributed by atoms with Gasteiger partial charge in [-0.3, -0.25) is 23.8 Å². The number of benzene rings is 1. The van der Waals surface area contributed by atoms with Gasteiger partial charge in [-0.05, 0) is 42.7 Å². The highest BCUT2D eigenvalue weighted by atomic mass is 35.5. The molecule has 0 saturated heterocycles. The molecule has 0 radical (unpaired) electrons. The van der Waals surface area contributed by atoms with Gasteiger partial charge in [0.05, 0.1) is 41.3 Å². The minimum absolute atomic E-state index is 0.0602. The Balaban J connectivity index is 1.44. The SMILES string of the molecule is C[C@@H]1CCC[C@H](n2cnc(-c3cc(Cl)ccc3-c3cncnc3)cc2=O)c2cc(ccn2)-c2c(cnn2C)NC1=O. The number of amides is 1. The van der Waals surface area contributed by atoms with Crippen molar-refractivity contribution in [1.82, 2.24) is 34.3 Å². The predicted molar refractivity (Wildman–Crippen MR) is 156 cm³/mol. The fourth-order valence-electron chi connectivity index (χ4n) is 5.29. The molecule has 2 atom stereocenters. The largest absolute Gasteiger partial charge is 0.323 e. The molecule has 2 bridgehead atoms. The van der Waals surface area contributed by atoms with E-state index in [0.717, 1.165) is 28.1 Å². The van der Waals surface area contributed by atoms with Gasteiger partial charge in [-0.15, -0.1) is 0 Å². The third-order valence-electron chi connectivity index (χ3n) is 7.46. The summed E-state index contributed by atoms with van der Waals surface area (Å²) in [6.07, 6.45) is 11.8. The van der Waals surface area contributed by atoms with Gasteiger partial charge in [0.15, 0.2) is 0 Å². The van der Waals surface area contributed by atoms with Crippen LogP contribution in [0, 0.1) is 5.92 Å². The molecular formula is C30H27ClN8O2. The van der Waals surface area contributed by atoms with Crippen LogP contribution in [0.4, 0.5) is 5.69 Å². The molecule has 1 aliphatic rings. The van der Waals surface area contributed by atoms with Crippen LogP contribution in [0.1, 0.15) is 37.9 Å². The molecule has 41 heavy (non-hydrogen) atoms. The molecule has 0 aliphatic carbocycles. The van der Waals surface area contributed by atoms with E-state index in [4.69, 9.17) is 16.6 Å². The van der Waals surface area contributed by atoms with Gasteiger partial charge in [0.2, 0.25) is 5.91 Å². The van der Waals surface area contributed by atoms with Crippen molar-refractivity contribution in [3.63, 3.8) is 0 Å². The van der Waals surface area contributed by atoms with Gasteiger partial charge in [0.25, 0.3) is 5.56 Å². The first kappa shape index (κ1) is 26.5. The topological polar surface area (TPSA) is 120 Å². The summed E-state index contributed by atoms with van der Waals surface area (Å²) < 4.78 is 3.34. The number of halogens is 1. The number of pyridine rings is 1. The van der Waals surface area contributed by atoms with Gasteiger partial charge < -0.3 is 5.32 Å². The fourth-order valence-corrected chi connectivity index (χ4v) is 5.46. The van der Waals surface area contributed by atoms with E-state index in [1.807, 2.05) is 32.2 Å². The van der Waals surface area contributed by atoms with Gasteiger partial charge in [-0.1, -0.05) is 31.0 Å². The van der Waals surface area contributed by atoms with Gasteiger partial charge >= 0.3 is 0 Å². The third-order valence-corrected chi connectivity index (χ3v) is 7.69. The second-order valence-electron chi connectivity index (χ2n) is 10.2. The first-order valence-corrected chi connectivity index (χ1v) is 13.7. The summed E-state index contributed by atoms with van der Waals surface area (Å²) in [5.74, 6) is -0.273. The molecule has 0 fully saturated rings. The number of aryl methyl sites for hydroxylation is 1. The molecule has 10 nitrogen and oxygen atoms in total. The quantitative estimate of drug-likeness (QED) is 0.320. The number of rotatable bonds is 3. The van der Waals surface area contributed by atoms with Gasteiger partial charge in [-0.25, -0.2) is 15.0 Å². The van der Waals surface area contributed by atoms with E-state index in [-0.39, 0.29) is 23.4 Å². The summed E-state index contributed by atoms with van der Waals surface area (Å²) in [7, 11) is 1.83. The molecule has 5 heterocycles. The Hall–Kier alpha value is -4.70. The number of hydrogen-bond acceptors (Lipinski definition) is 7. The molecule has 1 aromatic carbocycles. The lowest BCUT2D eigenvalue weighted by Crippen LogP contribution is -2.27. The maximum Gasteiger partial charge on any atom is 0.254 e. The Bertz CT molecular complexity index is 1800. The van der Waals surface area contributed by atoms with Crippen LogP contribution < -0.4 is 10.9 Å². The number of hydrogen-bond donors (Lipinski definition) is 1. The number of carbonyl (C=O) groups excluding carboxylic acids is 1. The van der Waals surface area contributed by atoms with Crippen LogP contribution in [0.2, 0.25) is 5.02 Å². The van der Waals surface area contributed by atoms with Crippen LogP contribution in [0.5, 0.6) is 0 Å². The maximum atomic E-state index is 13.7. The molecule has 4 aromatic heterocycles. The summed E-state index contributed by atoms with van der Waals surface area (Å²) in [4.78, 5) is 44.2. The standard InChI is InChI=1S/C30H27ClN8O2/c1-18-4-3-5-27(25-10-19(8-9-34-25)29-26(37-30(18)41)15-36-38(29)2)39-17-35-24(12-28(39)40)23-11-21(31)6-7-22(23)20-13-32-16-33-14-20/h6-18,27H,3-5H2,1-2H3,(H,37,41)/t18-,27+/m1/s1. The van der Waals surface area contributed by atoms with E-state index in [0.29, 0.717) is 41.2 Å². The van der Waals surface area contributed by atoms with Crippen molar-refractivity contribution in [1.29, 1.82) is 0 Å². The molecule has 0 spiro atoms.